The number of carbonyl (C=O) groups excluding carboxylic acids is 1. The van der Waals surface area contributed by atoms with E-state index in [4.69, 9.17) is 9.47 Å². The van der Waals surface area contributed by atoms with Crippen LogP contribution in [-0.4, -0.2) is 42.6 Å². The van der Waals surface area contributed by atoms with Crippen molar-refractivity contribution < 1.29 is 24.2 Å². The number of ether oxygens (including phenoxy) is 2. The number of aliphatic carboxylic acids is 1. The molecule has 1 aromatic carbocycles. The maximum absolute atomic E-state index is 12.8. The number of carbonyl (C=O) groups is 2. The molecule has 1 aromatic rings. The quantitative estimate of drug-likeness (QED) is 0.897. The van der Waals surface area contributed by atoms with E-state index in [0.29, 0.717) is 30.9 Å². The van der Waals surface area contributed by atoms with Crippen molar-refractivity contribution in [3.05, 3.63) is 23.3 Å². The molecule has 0 aromatic heterocycles. The summed E-state index contributed by atoms with van der Waals surface area (Å²) >= 11 is 0. The molecule has 1 saturated heterocycles. The Bertz CT molecular complexity index is 776. The number of hydrogen-bond acceptors (Lipinski definition) is 4. The molecule has 4 rings (SSSR count). The van der Waals surface area contributed by atoms with Crippen molar-refractivity contribution in [3.63, 3.8) is 0 Å². The number of hydrogen-bond donors (Lipinski definition) is 1. The van der Waals surface area contributed by atoms with Gasteiger partial charge in [-0.1, -0.05) is 6.92 Å². The zero-order chi connectivity index (χ0) is 18.6. The Hall–Kier alpha value is -2.24. The number of aryl methyl sites for hydroxylation is 1. The zero-order valence-electron chi connectivity index (χ0n) is 15.4. The van der Waals surface area contributed by atoms with Gasteiger partial charge in [-0.3, -0.25) is 9.59 Å². The maximum Gasteiger partial charge on any atom is 0.307 e. The lowest BCUT2D eigenvalue weighted by Gasteiger charge is -2.39. The Labute approximate surface area is 153 Å². The molecular weight excluding hydrogens is 334 g/mol. The molecule has 0 radical (unpaired) electrons. The first kappa shape index (κ1) is 17.2. The Morgan fingerprint density at radius 2 is 1.96 bits per heavy atom. The summed E-state index contributed by atoms with van der Waals surface area (Å²) in [5.74, 6) is -0.0755. The number of amides is 1. The molecule has 2 heterocycles. The van der Waals surface area contributed by atoms with Gasteiger partial charge in [-0.15, -0.1) is 0 Å². The van der Waals surface area contributed by atoms with Gasteiger partial charge in [-0.2, -0.15) is 0 Å². The van der Waals surface area contributed by atoms with E-state index in [2.05, 4.69) is 0 Å². The Morgan fingerprint density at radius 3 is 2.62 bits per heavy atom. The topological polar surface area (TPSA) is 76.1 Å². The Kier molecular flexibility index (Phi) is 3.90. The summed E-state index contributed by atoms with van der Waals surface area (Å²) in [6.45, 7) is 2.67. The number of methoxy groups -OCH3 is 2. The van der Waals surface area contributed by atoms with E-state index in [1.165, 1.54) is 0 Å². The van der Waals surface area contributed by atoms with Crippen molar-refractivity contribution in [1.29, 1.82) is 0 Å². The van der Waals surface area contributed by atoms with Gasteiger partial charge < -0.3 is 19.5 Å². The minimum Gasteiger partial charge on any atom is -0.493 e. The summed E-state index contributed by atoms with van der Waals surface area (Å²) in [6, 6.07) is 3.99. The molecule has 26 heavy (non-hydrogen) atoms. The van der Waals surface area contributed by atoms with Crippen LogP contribution in [0.3, 0.4) is 0 Å². The average molecular weight is 359 g/mol. The van der Waals surface area contributed by atoms with Gasteiger partial charge in [0.2, 0.25) is 5.91 Å². The van der Waals surface area contributed by atoms with E-state index >= 15 is 0 Å². The van der Waals surface area contributed by atoms with E-state index in [0.717, 1.165) is 24.0 Å². The number of rotatable bonds is 3. The molecule has 1 N–H and O–H groups in total. The van der Waals surface area contributed by atoms with E-state index in [1.807, 2.05) is 24.0 Å². The fraction of sp³-hybridized carbons (Fsp3) is 0.600. The van der Waals surface area contributed by atoms with Crippen LogP contribution in [0.5, 0.6) is 11.5 Å². The monoisotopic (exact) mass is 359 g/mol. The molecule has 1 aliphatic carbocycles. The van der Waals surface area contributed by atoms with E-state index < -0.39 is 17.4 Å². The Balaban J connectivity index is 1.96. The number of nitrogens with zero attached hydrogens (tertiary/aromatic N) is 1. The van der Waals surface area contributed by atoms with Crippen molar-refractivity contribution in [2.24, 2.45) is 17.8 Å². The summed E-state index contributed by atoms with van der Waals surface area (Å²) in [5, 5.41) is 9.83. The lowest BCUT2D eigenvalue weighted by molar-refractivity contribution is -0.144. The number of benzene rings is 1. The van der Waals surface area contributed by atoms with Gasteiger partial charge >= 0.3 is 5.97 Å². The van der Waals surface area contributed by atoms with Crippen LogP contribution in [0, 0.1) is 17.8 Å². The molecule has 1 spiro atoms. The third-order valence-electron chi connectivity index (χ3n) is 6.66. The molecule has 1 amide bonds. The van der Waals surface area contributed by atoms with Gasteiger partial charge in [0.1, 0.15) is 0 Å². The summed E-state index contributed by atoms with van der Waals surface area (Å²) in [5.41, 5.74) is 1.66. The van der Waals surface area contributed by atoms with Crippen LogP contribution in [-0.2, 0) is 21.5 Å². The first-order chi connectivity index (χ1) is 12.4. The molecule has 3 aliphatic rings. The SMILES string of the molecule is COc1cc2c(cc1OC)[C@@]13C[C@H](C)[C@@H](C(=O)O)C1CC(=O)N3CCC2. The lowest BCUT2D eigenvalue weighted by Crippen LogP contribution is -2.45. The van der Waals surface area contributed by atoms with Crippen molar-refractivity contribution >= 4 is 11.9 Å². The van der Waals surface area contributed by atoms with Gasteiger partial charge in [0.15, 0.2) is 11.5 Å². The fourth-order valence-electron chi connectivity index (χ4n) is 5.74. The fourth-order valence-corrected chi connectivity index (χ4v) is 5.74. The smallest absolute Gasteiger partial charge is 0.307 e. The van der Waals surface area contributed by atoms with Crippen LogP contribution in [0.1, 0.15) is 37.3 Å². The molecule has 0 bridgehead atoms. The highest BCUT2D eigenvalue weighted by Crippen LogP contribution is 2.61. The molecule has 2 aliphatic heterocycles. The number of carboxylic acid groups (broad SMARTS) is 1. The molecule has 6 nitrogen and oxygen atoms in total. The van der Waals surface area contributed by atoms with E-state index in [9.17, 15) is 14.7 Å². The van der Waals surface area contributed by atoms with Crippen molar-refractivity contribution in [2.45, 2.75) is 38.1 Å². The predicted molar refractivity (Wildman–Crippen MR) is 94.3 cm³/mol. The summed E-state index contributed by atoms with van der Waals surface area (Å²) < 4.78 is 11.0. The largest absolute Gasteiger partial charge is 0.493 e. The first-order valence-electron chi connectivity index (χ1n) is 9.22. The second kappa shape index (κ2) is 5.89. The Morgan fingerprint density at radius 1 is 1.27 bits per heavy atom. The van der Waals surface area contributed by atoms with Crippen molar-refractivity contribution in [2.75, 3.05) is 20.8 Å². The third-order valence-corrected chi connectivity index (χ3v) is 6.66. The highest BCUT2D eigenvalue weighted by Gasteiger charge is 2.64. The highest BCUT2D eigenvalue weighted by molar-refractivity contribution is 5.84. The van der Waals surface area contributed by atoms with Gasteiger partial charge in [0.05, 0.1) is 25.7 Å². The van der Waals surface area contributed by atoms with Gasteiger partial charge in [-0.25, -0.2) is 0 Å². The summed E-state index contributed by atoms with van der Waals surface area (Å²) in [4.78, 5) is 26.8. The van der Waals surface area contributed by atoms with E-state index in [-0.39, 0.29) is 17.7 Å². The number of fused-ring (bicyclic) bond motifs is 1. The molecule has 1 saturated carbocycles. The number of carboxylic acids is 1. The zero-order valence-corrected chi connectivity index (χ0v) is 15.4. The lowest BCUT2D eigenvalue weighted by atomic mass is 9.76. The van der Waals surface area contributed by atoms with Crippen LogP contribution in [0.25, 0.3) is 0 Å². The van der Waals surface area contributed by atoms with Crippen molar-refractivity contribution in [3.8, 4) is 11.5 Å². The van der Waals surface area contributed by atoms with Crippen LogP contribution in [0.4, 0.5) is 0 Å². The van der Waals surface area contributed by atoms with Crippen LogP contribution in [0.2, 0.25) is 0 Å². The second-order valence-corrected chi connectivity index (χ2v) is 7.79. The summed E-state index contributed by atoms with van der Waals surface area (Å²) in [6.07, 6.45) is 2.72. The second-order valence-electron chi connectivity index (χ2n) is 7.79. The third kappa shape index (κ3) is 2.10. The molecule has 2 fully saturated rings. The minimum absolute atomic E-state index is 0.0205. The van der Waals surface area contributed by atoms with Crippen LogP contribution in [0.15, 0.2) is 12.1 Å². The van der Waals surface area contributed by atoms with Gasteiger partial charge in [0, 0.05) is 18.9 Å². The minimum atomic E-state index is -0.791. The standard InChI is InChI=1S/C20H25NO5/c1-11-10-20-13-8-16(26-3)15(25-2)7-12(13)5-4-6-21(20)17(22)9-14(20)18(11)19(23)24/h7-8,11,14,18H,4-6,9-10H2,1-3H3,(H,23,24)/t11-,14?,18+,20-/m0/s1. The van der Waals surface area contributed by atoms with Crippen molar-refractivity contribution in [1.82, 2.24) is 4.90 Å². The average Bonchev–Trinajstić information content (AvgIpc) is 2.96. The predicted octanol–water partition coefficient (Wildman–Crippen LogP) is 2.43. The summed E-state index contributed by atoms with van der Waals surface area (Å²) in [7, 11) is 3.22. The molecule has 1 unspecified atom stereocenters. The van der Waals surface area contributed by atoms with E-state index in [1.54, 1.807) is 14.2 Å². The normalized spacial score (nSPS) is 32.5. The van der Waals surface area contributed by atoms with Gasteiger partial charge in [-0.05, 0) is 48.4 Å². The van der Waals surface area contributed by atoms with Crippen LogP contribution >= 0.6 is 0 Å². The molecule has 4 atom stereocenters. The molecule has 6 heteroatoms. The highest BCUT2D eigenvalue weighted by atomic mass is 16.5. The first-order valence-corrected chi connectivity index (χ1v) is 9.22. The van der Waals surface area contributed by atoms with Crippen LogP contribution < -0.4 is 9.47 Å². The maximum atomic E-state index is 12.8. The molecular formula is C20H25NO5. The molecule has 140 valence electrons. The van der Waals surface area contributed by atoms with Gasteiger partial charge in [0.25, 0.3) is 0 Å².